The molecule has 0 bridgehead atoms. The number of benzene rings is 1. The molecule has 2 rings (SSSR count). The van der Waals surface area contributed by atoms with Gasteiger partial charge in [0.15, 0.2) is 0 Å². The minimum absolute atomic E-state index is 0.483. The molecule has 20 heavy (non-hydrogen) atoms. The Balaban J connectivity index is 1.73. The van der Waals surface area contributed by atoms with Crippen molar-refractivity contribution in [2.24, 2.45) is 11.8 Å². The molecule has 5 heteroatoms. The average Bonchev–Trinajstić information content (AvgIpc) is 2.43. The Morgan fingerprint density at radius 3 is 2.50 bits per heavy atom. The molecule has 0 saturated carbocycles. The van der Waals surface area contributed by atoms with Crippen LogP contribution in [0.4, 0.5) is 0 Å². The lowest BCUT2D eigenvalue weighted by atomic mass is 9.80. The lowest BCUT2D eigenvalue weighted by Gasteiger charge is -2.35. The van der Waals surface area contributed by atoms with Crippen molar-refractivity contribution in [3.63, 3.8) is 0 Å². The zero-order chi connectivity index (χ0) is 14.5. The van der Waals surface area contributed by atoms with Crippen molar-refractivity contribution in [2.45, 2.75) is 20.3 Å². The lowest BCUT2D eigenvalue weighted by Crippen LogP contribution is -2.40. The van der Waals surface area contributed by atoms with E-state index in [0.29, 0.717) is 12.1 Å². The van der Waals surface area contributed by atoms with Crippen LogP contribution in [-0.4, -0.2) is 48.3 Å². The Morgan fingerprint density at radius 2 is 1.90 bits per heavy atom. The number of ether oxygens (including phenoxy) is 1. The molecule has 1 aliphatic rings. The van der Waals surface area contributed by atoms with Gasteiger partial charge in [-0.15, -0.1) is 0 Å². The van der Waals surface area contributed by atoms with E-state index in [4.69, 9.17) is 14.8 Å². The van der Waals surface area contributed by atoms with Crippen LogP contribution < -0.4 is 10.2 Å². The van der Waals surface area contributed by atoms with Crippen LogP contribution in [0.5, 0.6) is 5.75 Å². The van der Waals surface area contributed by atoms with Gasteiger partial charge >= 0.3 is 7.12 Å². The number of hydrogen-bond donors (Lipinski definition) is 2. The predicted molar refractivity (Wildman–Crippen MR) is 81.1 cm³/mol. The zero-order valence-electron chi connectivity index (χ0n) is 12.3. The second kappa shape index (κ2) is 7.11. The quantitative estimate of drug-likeness (QED) is 0.779. The van der Waals surface area contributed by atoms with E-state index in [1.807, 2.05) is 0 Å². The first-order valence-electron chi connectivity index (χ1n) is 7.37. The number of piperidine rings is 1. The van der Waals surface area contributed by atoms with E-state index in [-0.39, 0.29) is 0 Å². The fraction of sp³-hybridized carbons (Fsp3) is 0.600. The van der Waals surface area contributed by atoms with Crippen LogP contribution in [0, 0.1) is 11.8 Å². The van der Waals surface area contributed by atoms with Crippen LogP contribution in [0.15, 0.2) is 24.3 Å². The largest absolute Gasteiger partial charge is 0.492 e. The fourth-order valence-electron chi connectivity index (χ4n) is 2.58. The molecule has 1 fully saturated rings. The number of rotatable bonds is 5. The molecule has 0 radical (unpaired) electrons. The van der Waals surface area contributed by atoms with Crippen molar-refractivity contribution in [2.75, 3.05) is 26.2 Å². The highest BCUT2D eigenvalue weighted by atomic mass is 16.5. The second-order valence-corrected chi connectivity index (χ2v) is 5.84. The van der Waals surface area contributed by atoms with Crippen LogP contribution in [0.3, 0.4) is 0 Å². The molecule has 0 spiro atoms. The van der Waals surface area contributed by atoms with Crippen molar-refractivity contribution in [3.8, 4) is 5.75 Å². The number of nitrogens with zero attached hydrogens (tertiary/aromatic N) is 1. The topological polar surface area (TPSA) is 52.9 Å². The van der Waals surface area contributed by atoms with Gasteiger partial charge in [-0.3, -0.25) is 4.90 Å². The van der Waals surface area contributed by atoms with Gasteiger partial charge in [0.05, 0.1) is 0 Å². The Labute approximate surface area is 121 Å². The summed E-state index contributed by atoms with van der Waals surface area (Å²) in [5, 5.41) is 18.0. The number of hydrogen-bond acceptors (Lipinski definition) is 4. The summed E-state index contributed by atoms with van der Waals surface area (Å²) in [5.41, 5.74) is 0.483. The SMILES string of the molecule is CC1CCN(CCOc2ccc(B(O)O)cc2)CC1C. The molecular weight excluding hydrogens is 253 g/mol. The Kier molecular flexibility index (Phi) is 5.46. The molecule has 1 aromatic carbocycles. The van der Waals surface area contributed by atoms with Crippen LogP contribution in [0.25, 0.3) is 0 Å². The Morgan fingerprint density at radius 1 is 1.20 bits per heavy atom. The third kappa shape index (κ3) is 4.23. The molecule has 1 heterocycles. The van der Waals surface area contributed by atoms with Gasteiger partial charge in [0.25, 0.3) is 0 Å². The van der Waals surface area contributed by atoms with Gasteiger partial charge in [-0.1, -0.05) is 26.0 Å². The summed E-state index contributed by atoms with van der Waals surface area (Å²) in [6.07, 6.45) is 1.27. The Bertz CT molecular complexity index is 410. The predicted octanol–water partition coefficient (Wildman–Crippen LogP) is 0.723. The maximum absolute atomic E-state index is 9.02. The molecule has 1 aromatic rings. The molecule has 110 valence electrons. The summed E-state index contributed by atoms with van der Waals surface area (Å²) in [7, 11) is -1.42. The maximum Gasteiger partial charge on any atom is 0.488 e. The molecule has 4 nitrogen and oxygen atoms in total. The van der Waals surface area contributed by atoms with Crippen molar-refractivity contribution >= 4 is 12.6 Å². The van der Waals surface area contributed by atoms with Crippen molar-refractivity contribution in [3.05, 3.63) is 24.3 Å². The summed E-state index contributed by atoms with van der Waals surface area (Å²) < 4.78 is 5.70. The molecular formula is C15H24BNO3. The van der Waals surface area contributed by atoms with Crippen LogP contribution in [0.1, 0.15) is 20.3 Å². The molecule has 0 aromatic heterocycles. The van der Waals surface area contributed by atoms with Gasteiger partial charge < -0.3 is 14.8 Å². The maximum atomic E-state index is 9.02. The summed E-state index contributed by atoms with van der Waals surface area (Å²) in [6.45, 7) is 8.57. The minimum Gasteiger partial charge on any atom is -0.492 e. The van der Waals surface area contributed by atoms with E-state index in [0.717, 1.165) is 37.2 Å². The fourth-order valence-corrected chi connectivity index (χ4v) is 2.58. The van der Waals surface area contributed by atoms with E-state index in [2.05, 4.69) is 18.7 Å². The van der Waals surface area contributed by atoms with Crippen LogP contribution >= 0.6 is 0 Å². The van der Waals surface area contributed by atoms with Crippen molar-refractivity contribution < 1.29 is 14.8 Å². The van der Waals surface area contributed by atoms with E-state index >= 15 is 0 Å². The molecule has 1 saturated heterocycles. The summed E-state index contributed by atoms with van der Waals surface area (Å²) in [4.78, 5) is 2.45. The normalized spacial score (nSPS) is 23.6. The first-order chi connectivity index (χ1) is 9.56. The van der Waals surface area contributed by atoms with Gasteiger partial charge in [-0.25, -0.2) is 0 Å². The van der Waals surface area contributed by atoms with Gasteiger partial charge in [-0.05, 0) is 42.4 Å². The lowest BCUT2D eigenvalue weighted by molar-refractivity contribution is 0.119. The number of likely N-dealkylation sites (tertiary alicyclic amines) is 1. The molecule has 2 atom stereocenters. The van der Waals surface area contributed by atoms with Crippen LogP contribution in [0.2, 0.25) is 0 Å². The minimum atomic E-state index is -1.42. The first kappa shape index (κ1) is 15.4. The summed E-state index contributed by atoms with van der Waals surface area (Å²) in [5.74, 6) is 2.35. The molecule has 1 aliphatic heterocycles. The molecule has 2 N–H and O–H groups in total. The Hall–Kier alpha value is -1.04. The van der Waals surface area contributed by atoms with Crippen molar-refractivity contribution in [1.29, 1.82) is 0 Å². The van der Waals surface area contributed by atoms with Crippen molar-refractivity contribution in [1.82, 2.24) is 4.90 Å². The highest BCUT2D eigenvalue weighted by Crippen LogP contribution is 2.22. The average molecular weight is 277 g/mol. The van der Waals surface area contributed by atoms with E-state index in [1.165, 1.54) is 6.42 Å². The molecule has 2 unspecified atom stereocenters. The zero-order valence-corrected chi connectivity index (χ0v) is 12.3. The highest BCUT2D eigenvalue weighted by molar-refractivity contribution is 6.58. The smallest absolute Gasteiger partial charge is 0.488 e. The van der Waals surface area contributed by atoms with E-state index in [9.17, 15) is 0 Å². The summed E-state index contributed by atoms with van der Waals surface area (Å²) in [6, 6.07) is 6.89. The molecule has 0 aliphatic carbocycles. The van der Waals surface area contributed by atoms with E-state index in [1.54, 1.807) is 24.3 Å². The first-order valence-corrected chi connectivity index (χ1v) is 7.37. The van der Waals surface area contributed by atoms with Gasteiger partial charge in [0.2, 0.25) is 0 Å². The third-order valence-electron chi connectivity index (χ3n) is 4.27. The highest BCUT2D eigenvalue weighted by Gasteiger charge is 2.22. The monoisotopic (exact) mass is 277 g/mol. The van der Waals surface area contributed by atoms with Gasteiger partial charge in [0.1, 0.15) is 12.4 Å². The van der Waals surface area contributed by atoms with Gasteiger partial charge in [-0.2, -0.15) is 0 Å². The van der Waals surface area contributed by atoms with Gasteiger partial charge in [0, 0.05) is 13.1 Å². The molecule has 0 amide bonds. The summed E-state index contributed by atoms with van der Waals surface area (Å²) >= 11 is 0. The standard InChI is InChI=1S/C15H24BNO3/c1-12-7-8-17(11-13(12)2)9-10-20-15-5-3-14(4-6-15)16(18)19/h3-6,12-13,18-19H,7-11H2,1-2H3. The second-order valence-electron chi connectivity index (χ2n) is 5.84. The third-order valence-corrected chi connectivity index (χ3v) is 4.27. The van der Waals surface area contributed by atoms with Crippen LogP contribution in [-0.2, 0) is 0 Å². The van der Waals surface area contributed by atoms with E-state index < -0.39 is 7.12 Å².